The van der Waals surface area contributed by atoms with E-state index >= 15 is 0 Å². The second-order valence-corrected chi connectivity index (χ2v) is 3.43. The fourth-order valence-corrected chi connectivity index (χ4v) is 2.19. The molecule has 2 aliphatic rings. The van der Waals surface area contributed by atoms with Gasteiger partial charge in [0.25, 0.3) is 0 Å². The van der Waals surface area contributed by atoms with Gasteiger partial charge in [-0.2, -0.15) is 13.2 Å². The van der Waals surface area contributed by atoms with Crippen LogP contribution in [0.1, 0.15) is 19.3 Å². The largest absolute Gasteiger partial charge is 0.393 e. The summed E-state index contributed by atoms with van der Waals surface area (Å²) in [6.45, 7) is 0. The van der Waals surface area contributed by atoms with E-state index in [1.54, 1.807) is 0 Å². The fraction of sp³-hybridized carbons (Fsp3) is 1.00. The summed E-state index contributed by atoms with van der Waals surface area (Å²) in [6, 6.07) is -0.133. The van der Waals surface area contributed by atoms with E-state index < -0.39 is 12.1 Å². The maximum absolute atomic E-state index is 12.2. The van der Waals surface area contributed by atoms with Crippen LogP contribution in [0.4, 0.5) is 13.2 Å². The Kier molecular flexibility index (Phi) is 2.59. The van der Waals surface area contributed by atoms with E-state index in [4.69, 9.17) is 0 Å². The van der Waals surface area contributed by atoms with Gasteiger partial charge < -0.3 is 5.32 Å². The first-order valence-electron chi connectivity index (χ1n) is 3.90. The number of hydrogen-bond donors (Lipinski definition) is 1. The lowest BCUT2D eigenvalue weighted by Gasteiger charge is -2.22. The molecule has 2 bridgehead atoms. The van der Waals surface area contributed by atoms with Gasteiger partial charge in [0, 0.05) is 12.1 Å². The molecule has 1 N–H and O–H groups in total. The van der Waals surface area contributed by atoms with Crippen molar-refractivity contribution in [3.63, 3.8) is 0 Å². The third-order valence-electron chi connectivity index (χ3n) is 2.72. The van der Waals surface area contributed by atoms with Crippen molar-refractivity contribution in [2.45, 2.75) is 37.5 Å². The summed E-state index contributed by atoms with van der Waals surface area (Å²) in [5, 5.41) is 2.96. The normalized spacial score (nSPS) is 39.8. The van der Waals surface area contributed by atoms with E-state index in [1.807, 2.05) is 0 Å². The Morgan fingerprint density at radius 3 is 2.08 bits per heavy atom. The topological polar surface area (TPSA) is 12.0 Å². The highest BCUT2D eigenvalue weighted by Gasteiger charge is 2.52. The summed E-state index contributed by atoms with van der Waals surface area (Å²) in [5.41, 5.74) is 0. The molecular weight excluding hydrogens is 191 g/mol. The van der Waals surface area contributed by atoms with E-state index in [1.165, 1.54) is 0 Å². The number of alkyl halides is 3. The van der Waals surface area contributed by atoms with Gasteiger partial charge in [0.1, 0.15) is 0 Å². The molecule has 0 aromatic carbocycles. The van der Waals surface area contributed by atoms with Crippen molar-refractivity contribution in [2.75, 3.05) is 0 Å². The van der Waals surface area contributed by atoms with Crippen LogP contribution in [0.25, 0.3) is 0 Å². The molecule has 1 nitrogen and oxygen atoms in total. The predicted octanol–water partition coefficient (Wildman–Crippen LogP) is 2.11. The number of nitrogens with one attached hydrogen (secondary N) is 1. The molecule has 0 aromatic rings. The summed E-state index contributed by atoms with van der Waals surface area (Å²) in [6.07, 6.45) is -2.05. The predicted molar refractivity (Wildman–Crippen MR) is 41.4 cm³/mol. The smallest absolute Gasteiger partial charge is 0.311 e. The second-order valence-electron chi connectivity index (χ2n) is 3.43. The maximum Gasteiger partial charge on any atom is 0.393 e. The SMILES string of the molecule is Cl.FC(F)(F)C1CC2CCC1N2. The standard InChI is InChI=1S/C7H10F3N.ClH/c8-7(9,10)5-3-4-1-2-6(5)11-4;/h4-6,11H,1-3H2;1H. The lowest BCUT2D eigenvalue weighted by Crippen LogP contribution is -2.33. The molecule has 2 heterocycles. The first kappa shape index (κ1) is 10.1. The van der Waals surface area contributed by atoms with Gasteiger partial charge in [0.15, 0.2) is 0 Å². The summed E-state index contributed by atoms with van der Waals surface area (Å²) in [5.74, 6) is -1.07. The summed E-state index contributed by atoms with van der Waals surface area (Å²) < 4.78 is 36.5. The minimum absolute atomic E-state index is 0. The Morgan fingerprint density at radius 2 is 1.83 bits per heavy atom. The molecular formula is C7H11ClF3N. The molecule has 2 fully saturated rings. The number of halogens is 4. The Balaban J connectivity index is 0.000000720. The molecule has 3 atom stereocenters. The van der Waals surface area contributed by atoms with Crippen LogP contribution in [-0.2, 0) is 0 Å². The molecule has 12 heavy (non-hydrogen) atoms. The molecule has 72 valence electrons. The zero-order valence-corrected chi connectivity index (χ0v) is 7.21. The quantitative estimate of drug-likeness (QED) is 0.633. The zero-order chi connectivity index (χ0) is 8.06. The molecule has 5 heteroatoms. The molecule has 2 saturated heterocycles. The molecule has 0 saturated carbocycles. The molecule has 0 radical (unpaired) electrons. The first-order chi connectivity index (χ1) is 5.07. The number of fused-ring (bicyclic) bond motifs is 2. The van der Waals surface area contributed by atoms with Crippen LogP contribution in [0.15, 0.2) is 0 Å². The first-order valence-corrected chi connectivity index (χ1v) is 3.90. The van der Waals surface area contributed by atoms with Crippen molar-refractivity contribution < 1.29 is 13.2 Å². The van der Waals surface area contributed by atoms with Crippen molar-refractivity contribution >= 4 is 12.4 Å². The van der Waals surface area contributed by atoms with Crippen LogP contribution < -0.4 is 5.32 Å². The van der Waals surface area contributed by atoms with Crippen molar-refractivity contribution in [3.8, 4) is 0 Å². The van der Waals surface area contributed by atoms with Crippen LogP contribution in [0.5, 0.6) is 0 Å². The molecule has 0 aromatic heterocycles. The van der Waals surface area contributed by atoms with Crippen LogP contribution in [0.3, 0.4) is 0 Å². The Labute approximate surface area is 75.1 Å². The van der Waals surface area contributed by atoms with Crippen LogP contribution in [-0.4, -0.2) is 18.3 Å². The summed E-state index contributed by atoms with van der Waals surface area (Å²) in [7, 11) is 0. The van der Waals surface area contributed by atoms with Crippen LogP contribution in [0, 0.1) is 5.92 Å². The Hall–Kier alpha value is 0.0400. The van der Waals surface area contributed by atoms with E-state index in [2.05, 4.69) is 5.32 Å². The Bertz CT molecular complexity index is 171. The fourth-order valence-electron chi connectivity index (χ4n) is 2.19. The minimum Gasteiger partial charge on any atom is -0.311 e. The number of hydrogen-bond acceptors (Lipinski definition) is 1. The highest BCUT2D eigenvalue weighted by Crippen LogP contribution is 2.42. The third kappa shape index (κ3) is 1.55. The van der Waals surface area contributed by atoms with E-state index in [0.717, 1.165) is 6.42 Å². The van der Waals surface area contributed by atoms with Crippen LogP contribution >= 0.6 is 12.4 Å². The molecule has 0 amide bonds. The Morgan fingerprint density at radius 1 is 1.17 bits per heavy atom. The van der Waals surface area contributed by atoms with Gasteiger partial charge in [-0.15, -0.1) is 12.4 Å². The van der Waals surface area contributed by atoms with Crippen molar-refractivity contribution in [3.05, 3.63) is 0 Å². The molecule has 2 aliphatic heterocycles. The van der Waals surface area contributed by atoms with Gasteiger partial charge in [-0.1, -0.05) is 0 Å². The minimum atomic E-state index is -3.98. The lowest BCUT2D eigenvalue weighted by atomic mass is 9.89. The van der Waals surface area contributed by atoms with Gasteiger partial charge >= 0.3 is 6.18 Å². The zero-order valence-electron chi connectivity index (χ0n) is 6.40. The average molecular weight is 202 g/mol. The van der Waals surface area contributed by atoms with Crippen molar-refractivity contribution in [1.29, 1.82) is 0 Å². The third-order valence-corrected chi connectivity index (χ3v) is 2.72. The van der Waals surface area contributed by atoms with Crippen molar-refractivity contribution in [1.82, 2.24) is 5.32 Å². The second kappa shape index (κ2) is 3.07. The monoisotopic (exact) mass is 201 g/mol. The molecule has 2 rings (SSSR count). The molecule has 0 spiro atoms. The lowest BCUT2D eigenvalue weighted by molar-refractivity contribution is -0.178. The molecule has 3 unspecified atom stereocenters. The molecule has 0 aliphatic carbocycles. The maximum atomic E-state index is 12.2. The van der Waals surface area contributed by atoms with Gasteiger partial charge in [-0.05, 0) is 19.3 Å². The average Bonchev–Trinajstić information content (AvgIpc) is 2.42. The van der Waals surface area contributed by atoms with Gasteiger partial charge in [0.2, 0.25) is 0 Å². The van der Waals surface area contributed by atoms with Gasteiger partial charge in [0.05, 0.1) is 5.92 Å². The summed E-state index contributed by atoms with van der Waals surface area (Å²) in [4.78, 5) is 0. The van der Waals surface area contributed by atoms with Crippen molar-refractivity contribution in [2.24, 2.45) is 5.92 Å². The highest BCUT2D eigenvalue weighted by molar-refractivity contribution is 5.85. The summed E-state index contributed by atoms with van der Waals surface area (Å²) >= 11 is 0. The van der Waals surface area contributed by atoms with E-state index in [9.17, 15) is 13.2 Å². The number of rotatable bonds is 0. The van der Waals surface area contributed by atoms with Gasteiger partial charge in [-0.25, -0.2) is 0 Å². The van der Waals surface area contributed by atoms with Gasteiger partial charge in [-0.3, -0.25) is 0 Å². The highest BCUT2D eigenvalue weighted by atomic mass is 35.5. The van der Waals surface area contributed by atoms with E-state index in [0.29, 0.717) is 12.8 Å². The van der Waals surface area contributed by atoms with Crippen LogP contribution in [0.2, 0.25) is 0 Å². The van der Waals surface area contributed by atoms with E-state index in [-0.39, 0.29) is 24.5 Å².